The Morgan fingerprint density at radius 3 is 2.92 bits per heavy atom. The molecule has 2 heteroatoms. The van der Waals surface area contributed by atoms with Crippen LogP contribution in [0, 0.1) is 5.92 Å². The standard InChI is InChI=1S/C10H13NO/c1-8-5-10(6-8)11-4-2-3-9(11)7-12/h2-4,7-8,10H,5-6H2,1H3. The topological polar surface area (TPSA) is 22.0 Å². The average Bonchev–Trinajstić information content (AvgIpc) is 2.45. The molecule has 2 rings (SSSR count). The quantitative estimate of drug-likeness (QED) is 0.613. The first-order valence-corrected chi connectivity index (χ1v) is 4.43. The smallest absolute Gasteiger partial charge is 0.166 e. The van der Waals surface area contributed by atoms with E-state index >= 15 is 0 Å². The molecule has 64 valence electrons. The van der Waals surface area contributed by atoms with Crippen molar-refractivity contribution in [1.82, 2.24) is 4.57 Å². The minimum Gasteiger partial charge on any atom is -0.342 e. The Labute approximate surface area is 72.2 Å². The van der Waals surface area contributed by atoms with Crippen molar-refractivity contribution in [1.29, 1.82) is 0 Å². The Morgan fingerprint density at radius 1 is 1.58 bits per heavy atom. The lowest BCUT2D eigenvalue weighted by Crippen LogP contribution is -2.25. The third-order valence-corrected chi connectivity index (χ3v) is 2.67. The van der Waals surface area contributed by atoms with Gasteiger partial charge in [0.15, 0.2) is 6.29 Å². The molecule has 0 radical (unpaired) electrons. The first-order valence-electron chi connectivity index (χ1n) is 4.43. The summed E-state index contributed by atoms with van der Waals surface area (Å²) < 4.78 is 2.09. The monoisotopic (exact) mass is 163 g/mol. The molecule has 1 aliphatic rings. The van der Waals surface area contributed by atoms with Gasteiger partial charge in [-0.05, 0) is 30.9 Å². The fourth-order valence-corrected chi connectivity index (χ4v) is 1.93. The predicted molar refractivity (Wildman–Crippen MR) is 47.3 cm³/mol. The van der Waals surface area contributed by atoms with E-state index in [1.54, 1.807) is 0 Å². The molecule has 0 aliphatic heterocycles. The van der Waals surface area contributed by atoms with Crippen LogP contribution >= 0.6 is 0 Å². The van der Waals surface area contributed by atoms with Crippen LogP contribution in [-0.4, -0.2) is 10.9 Å². The molecular formula is C10H13NO. The lowest BCUT2D eigenvalue weighted by Gasteiger charge is -2.34. The molecule has 1 heterocycles. The van der Waals surface area contributed by atoms with E-state index in [-0.39, 0.29) is 0 Å². The van der Waals surface area contributed by atoms with Crippen molar-refractivity contribution in [3.63, 3.8) is 0 Å². The van der Waals surface area contributed by atoms with Gasteiger partial charge in [0.2, 0.25) is 0 Å². The third-order valence-electron chi connectivity index (χ3n) is 2.67. The van der Waals surface area contributed by atoms with Crippen LogP contribution in [0.1, 0.15) is 36.3 Å². The van der Waals surface area contributed by atoms with E-state index < -0.39 is 0 Å². The summed E-state index contributed by atoms with van der Waals surface area (Å²) in [5.41, 5.74) is 0.812. The van der Waals surface area contributed by atoms with Crippen molar-refractivity contribution in [3.05, 3.63) is 24.0 Å². The summed E-state index contributed by atoms with van der Waals surface area (Å²) >= 11 is 0. The summed E-state index contributed by atoms with van der Waals surface area (Å²) in [6.45, 7) is 2.25. The molecule has 0 aromatic carbocycles. The first-order chi connectivity index (χ1) is 5.81. The van der Waals surface area contributed by atoms with E-state index in [1.807, 2.05) is 18.3 Å². The maximum Gasteiger partial charge on any atom is 0.166 e. The van der Waals surface area contributed by atoms with Crippen molar-refractivity contribution >= 4 is 6.29 Å². The van der Waals surface area contributed by atoms with Gasteiger partial charge in [-0.2, -0.15) is 0 Å². The summed E-state index contributed by atoms with van der Waals surface area (Å²) in [5.74, 6) is 0.830. The Morgan fingerprint density at radius 2 is 2.33 bits per heavy atom. The molecule has 0 amide bonds. The maximum atomic E-state index is 10.6. The van der Waals surface area contributed by atoms with Crippen molar-refractivity contribution < 1.29 is 4.79 Å². The van der Waals surface area contributed by atoms with Gasteiger partial charge in [0.1, 0.15) is 0 Å². The second kappa shape index (κ2) is 2.77. The Balaban J connectivity index is 2.17. The molecule has 0 spiro atoms. The lowest BCUT2D eigenvalue weighted by atomic mass is 9.81. The van der Waals surface area contributed by atoms with Gasteiger partial charge in [-0.15, -0.1) is 0 Å². The van der Waals surface area contributed by atoms with Crippen LogP contribution in [0.2, 0.25) is 0 Å². The molecule has 1 saturated carbocycles. The molecule has 1 aromatic rings. The first kappa shape index (κ1) is 7.59. The van der Waals surface area contributed by atoms with Crippen LogP contribution in [-0.2, 0) is 0 Å². The van der Waals surface area contributed by atoms with E-state index in [9.17, 15) is 4.79 Å². The molecule has 2 nitrogen and oxygen atoms in total. The molecule has 0 bridgehead atoms. The molecular weight excluding hydrogens is 150 g/mol. The number of carbonyl (C=O) groups is 1. The highest BCUT2D eigenvalue weighted by Gasteiger charge is 2.27. The van der Waals surface area contributed by atoms with Gasteiger partial charge in [0.05, 0.1) is 5.69 Å². The minimum atomic E-state index is 0.579. The van der Waals surface area contributed by atoms with Gasteiger partial charge in [-0.25, -0.2) is 0 Å². The van der Waals surface area contributed by atoms with Crippen LogP contribution in [0.25, 0.3) is 0 Å². The van der Waals surface area contributed by atoms with Gasteiger partial charge >= 0.3 is 0 Å². The normalized spacial score (nSPS) is 28.1. The van der Waals surface area contributed by atoms with E-state index in [0.717, 1.165) is 17.9 Å². The van der Waals surface area contributed by atoms with Gasteiger partial charge in [0, 0.05) is 12.2 Å². The lowest BCUT2D eigenvalue weighted by molar-refractivity contribution is 0.110. The Hall–Kier alpha value is -1.05. The highest BCUT2D eigenvalue weighted by atomic mass is 16.1. The summed E-state index contributed by atoms with van der Waals surface area (Å²) in [5, 5.41) is 0. The minimum absolute atomic E-state index is 0.579. The van der Waals surface area contributed by atoms with Crippen LogP contribution in [0.5, 0.6) is 0 Å². The summed E-state index contributed by atoms with van der Waals surface area (Å²) in [6, 6.07) is 4.39. The maximum absolute atomic E-state index is 10.6. The van der Waals surface area contributed by atoms with E-state index in [4.69, 9.17) is 0 Å². The predicted octanol–water partition coefficient (Wildman–Crippen LogP) is 2.27. The number of rotatable bonds is 2. The molecule has 0 saturated heterocycles. The molecule has 1 fully saturated rings. The van der Waals surface area contributed by atoms with Crippen molar-refractivity contribution in [2.45, 2.75) is 25.8 Å². The fraction of sp³-hybridized carbons (Fsp3) is 0.500. The number of nitrogens with zero attached hydrogens (tertiary/aromatic N) is 1. The molecule has 1 aliphatic carbocycles. The molecule has 1 aromatic heterocycles. The summed E-state index contributed by atoms with van der Waals surface area (Å²) in [7, 11) is 0. The number of aromatic nitrogens is 1. The average molecular weight is 163 g/mol. The van der Waals surface area contributed by atoms with Crippen molar-refractivity contribution in [2.24, 2.45) is 5.92 Å². The number of aldehydes is 1. The Kier molecular flexibility index (Phi) is 1.75. The zero-order valence-electron chi connectivity index (χ0n) is 7.23. The van der Waals surface area contributed by atoms with Crippen molar-refractivity contribution in [2.75, 3.05) is 0 Å². The van der Waals surface area contributed by atoms with Crippen LogP contribution in [0.15, 0.2) is 18.3 Å². The number of hydrogen-bond donors (Lipinski definition) is 0. The number of carbonyl (C=O) groups excluding carboxylic acids is 1. The zero-order valence-corrected chi connectivity index (χ0v) is 7.23. The highest BCUT2D eigenvalue weighted by molar-refractivity contribution is 5.72. The molecule has 0 atom stereocenters. The second-order valence-corrected chi connectivity index (χ2v) is 3.69. The molecule has 12 heavy (non-hydrogen) atoms. The zero-order chi connectivity index (χ0) is 8.55. The van der Waals surface area contributed by atoms with Gasteiger partial charge in [0.25, 0.3) is 0 Å². The van der Waals surface area contributed by atoms with Crippen molar-refractivity contribution in [3.8, 4) is 0 Å². The van der Waals surface area contributed by atoms with E-state index in [0.29, 0.717) is 6.04 Å². The largest absolute Gasteiger partial charge is 0.342 e. The molecule has 0 unspecified atom stereocenters. The van der Waals surface area contributed by atoms with Gasteiger partial charge in [-0.3, -0.25) is 4.79 Å². The third kappa shape index (κ3) is 1.07. The van der Waals surface area contributed by atoms with Crippen LogP contribution < -0.4 is 0 Å². The van der Waals surface area contributed by atoms with Gasteiger partial charge < -0.3 is 4.57 Å². The number of hydrogen-bond acceptors (Lipinski definition) is 1. The molecule has 0 N–H and O–H groups in total. The summed E-state index contributed by atoms with van der Waals surface area (Å²) in [6.07, 6.45) is 5.37. The summed E-state index contributed by atoms with van der Waals surface area (Å²) in [4.78, 5) is 10.6. The van der Waals surface area contributed by atoms with Crippen LogP contribution in [0.3, 0.4) is 0 Å². The fourth-order valence-electron chi connectivity index (χ4n) is 1.93. The SMILES string of the molecule is CC1CC(n2cccc2C=O)C1. The van der Waals surface area contributed by atoms with E-state index in [1.165, 1.54) is 12.8 Å². The van der Waals surface area contributed by atoms with E-state index in [2.05, 4.69) is 11.5 Å². The Bertz CT molecular complexity index is 284. The van der Waals surface area contributed by atoms with Crippen LogP contribution in [0.4, 0.5) is 0 Å². The second-order valence-electron chi connectivity index (χ2n) is 3.69. The van der Waals surface area contributed by atoms with Gasteiger partial charge in [-0.1, -0.05) is 6.92 Å². The highest BCUT2D eigenvalue weighted by Crippen LogP contribution is 2.37.